The molecule has 1 atom stereocenters. The number of aromatic nitrogens is 2. The number of carbonyl (C=O) groups excluding carboxylic acids is 1. The summed E-state index contributed by atoms with van der Waals surface area (Å²) < 4.78 is 10.9. The summed E-state index contributed by atoms with van der Waals surface area (Å²) in [5, 5.41) is 0.823. The molecule has 2 saturated heterocycles. The molecular weight excluding hydrogens is 346 g/mol. The Bertz CT molecular complexity index is 858. The molecule has 27 heavy (non-hydrogen) atoms. The van der Waals surface area contributed by atoms with Gasteiger partial charge in [0.1, 0.15) is 17.7 Å². The first-order valence-corrected chi connectivity index (χ1v) is 9.34. The first kappa shape index (κ1) is 17.8. The zero-order valence-electron chi connectivity index (χ0n) is 15.8. The Kier molecular flexibility index (Phi) is 4.73. The van der Waals surface area contributed by atoms with Crippen LogP contribution >= 0.6 is 0 Å². The van der Waals surface area contributed by atoms with Crippen molar-refractivity contribution in [2.75, 3.05) is 50.5 Å². The summed E-state index contributed by atoms with van der Waals surface area (Å²) in [5.41, 5.74) is 7.94. The van der Waals surface area contributed by atoms with Gasteiger partial charge < -0.3 is 25.0 Å². The number of nitrogens with zero attached hydrogens (tertiary/aromatic N) is 4. The Hall–Kier alpha value is -2.61. The molecule has 2 fully saturated rings. The predicted octanol–water partition coefficient (Wildman–Crippen LogP) is 1.36. The van der Waals surface area contributed by atoms with E-state index in [9.17, 15) is 4.79 Å². The highest BCUT2D eigenvalue weighted by Crippen LogP contribution is 2.29. The molecule has 2 aliphatic rings. The summed E-state index contributed by atoms with van der Waals surface area (Å²) in [7, 11) is 1.64. The maximum Gasteiger partial charge on any atom is 0.251 e. The summed E-state index contributed by atoms with van der Waals surface area (Å²) in [5.74, 6) is 1.93. The molecule has 4 rings (SSSR count). The first-order chi connectivity index (χ1) is 13.1. The third-order valence-electron chi connectivity index (χ3n) is 5.31. The molecule has 1 unspecified atom stereocenters. The maximum absolute atomic E-state index is 12.5. The Morgan fingerprint density at radius 2 is 2.04 bits per heavy atom. The van der Waals surface area contributed by atoms with E-state index in [1.165, 1.54) is 0 Å². The van der Waals surface area contributed by atoms with Crippen molar-refractivity contribution in [2.24, 2.45) is 0 Å². The van der Waals surface area contributed by atoms with Crippen LogP contribution in [0.15, 0.2) is 12.1 Å². The van der Waals surface area contributed by atoms with Crippen molar-refractivity contribution in [1.29, 1.82) is 0 Å². The molecule has 1 aromatic carbocycles. The average molecular weight is 371 g/mol. The number of anilines is 2. The van der Waals surface area contributed by atoms with E-state index in [0.717, 1.165) is 35.1 Å². The molecule has 0 saturated carbocycles. The smallest absolute Gasteiger partial charge is 0.251 e. The van der Waals surface area contributed by atoms with E-state index in [2.05, 4.69) is 14.9 Å². The van der Waals surface area contributed by atoms with Crippen molar-refractivity contribution in [2.45, 2.75) is 25.9 Å². The lowest BCUT2D eigenvalue weighted by molar-refractivity contribution is -0.141. The second-order valence-corrected chi connectivity index (χ2v) is 7.06. The van der Waals surface area contributed by atoms with Crippen molar-refractivity contribution in [3.63, 3.8) is 0 Å². The molecule has 8 heteroatoms. The van der Waals surface area contributed by atoms with Crippen LogP contribution in [0.2, 0.25) is 0 Å². The van der Waals surface area contributed by atoms with E-state index in [1.807, 2.05) is 24.0 Å². The fourth-order valence-corrected chi connectivity index (χ4v) is 3.74. The number of aryl methyl sites for hydroxylation is 1. The van der Waals surface area contributed by atoms with Gasteiger partial charge >= 0.3 is 0 Å². The lowest BCUT2D eigenvalue weighted by Gasteiger charge is -2.35. The minimum atomic E-state index is -0.264. The van der Waals surface area contributed by atoms with Crippen LogP contribution in [0.4, 0.5) is 11.8 Å². The van der Waals surface area contributed by atoms with Crippen molar-refractivity contribution >= 4 is 28.6 Å². The maximum atomic E-state index is 12.5. The number of carbonyl (C=O) groups is 1. The zero-order chi connectivity index (χ0) is 19.0. The summed E-state index contributed by atoms with van der Waals surface area (Å²) in [6.45, 7) is 5.27. The second-order valence-electron chi connectivity index (χ2n) is 7.06. The molecule has 0 bridgehead atoms. The number of nitrogens with two attached hydrogens (primary N) is 1. The van der Waals surface area contributed by atoms with Gasteiger partial charge in [-0.05, 0) is 31.4 Å². The third-order valence-corrected chi connectivity index (χ3v) is 5.31. The SMILES string of the molecule is COc1cc2nc(N3CCN(C(=O)C4CCCO4)CC3)nc(N)c2cc1C. The molecule has 2 aliphatic heterocycles. The summed E-state index contributed by atoms with van der Waals surface area (Å²) in [4.78, 5) is 25.6. The van der Waals surface area contributed by atoms with Gasteiger partial charge in [0.15, 0.2) is 0 Å². The van der Waals surface area contributed by atoms with Crippen LogP contribution in [-0.4, -0.2) is 66.8 Å². The van der Waals surface area contributed by atoms with E-state index in [-0.39, 0.29) is 12.0 Å². The summed E-state index contributed by atoms with van der Waals surface area (Å²) in [6.07, 6.45) is 1.52. The molecular formula is C19H25N5O3. The Balaban J connectivity index is 1.51. The van der Waals surface area contributed by atoms with Gasteiger partial charge in [-0.2, -0.15) is 4.98 Å². The first-order valence-electron chi connectivity index (χ1n) is 9.34. The molecule has 1 aromatic heterocycles. The van der Waals surface area contributed by atoms with Gasteiger partial charge in [0.05, 0.1) is 12.6 Å². The molecule has 2 aromatic rings. The average Bonchev–Trinajstić information content (AvgIpc) is 3.22. The van der Waals surface area contributed by atoms with Gasteiger partial charge in [0, 0.05) is 44.2 Å². The highest BCUT2D eigenvalue weighted by molar-refractivity contribution is 5.91. The molecule has 0 spiro atoms. The Labute approximate surface area is 158 Å². The number of rotatable bonds is 3. The van der Waals surface area contributed by atoms with Crippen molar-refractivity contribution < 1.29 is 14.3 Å². The van der Waals surface area contributed by atoms with Crippen LogP contribution in [0.1, 0.15) is 18.4 Å². The Morgan fingerprint density at radius 3 is 2.70 bits per heavy atom. The van der Waals surface area contributed by atoms with Gasteiger partial charge in [0.2, 0.25) is 5.95 Å². The minimum absolute atomic E-state index is 0.103. The van der Waals surface area contributed by atoms with E-state index in [4.69, 9.17) is 15.2 Å². The van der Waals surface area contributed by atoms with Crippen molar-refractivity contribution in [3.8, 4) is 5.75 Å². The Morgan fingerprint density at radius 1 is 1.26 bits per heavy atom. The van der Waals surface area contributed by atoms with Crippen molar-refractivity contribution in [3.05, 3.63) is 17.7 Å². The highest BCUT2D eigenvalue weighted by Gasteiger charge is 2.31. The van der Waals surface area contributed by atoms with Crippen molar-refractivity contribution in [1.82, 2.24) is 14.9 Å². The monoisotopic (exact) mass is 371 g/mol. The number of ether oxygens (including phenoxy) is 2. The number of fused-ring (bicyclic) bond motifs is 1. The topological polar surface area (TPSA) is 93.8 Å². The minimum Gasteiger partial charge on any atom is -0.496 e. The zero-order valence-corrected chi connectivity index (χ0v) is 15.8. The number of hydrogen-bond donors (Lipinski definition) is 1. The van der Waals surface area contributed by atoms with Gasteiger partial charge in [-0.1, -0.05) is 0 Å². The normalized spacial score (nSPS) is 20.3. The quantitative estimate of drug-likeness (QED) is 0.870. The molecule has 0 radical (unpaired) electrons. The van der Waals surface area contributed by atoms with Crippen LogP contribution in [-0.2, 0) is 9.53 Å². The molecule has 3 heterocycles. The second kappa shape index (κ2) is 7.19. The number of benzene rings is 1. The number of amides is 1. The van der Waals surface area contributed by atoms with Gasteiger partial charge in [-0.25, -0.2) is 4.98 Å². The van der Waals surface area contributed by atoms with Gasteiger partial charge in [0.25, 0.3) is 5.91 Å². The fourth-order valence-electron chi connectivity index (χ4n) is 3.74. The lowest BCUT2D eigenvalue weighted by Crippen LogP contribution is -2.51. The summed E-state index contributed by atoms with van der Waals surface area (Å²) in [6, 6.07) is 3.84. The predicted molar refractivity (Wildman–Crippen MR) is 103 cm³/mol. The highest BCUT2D eigenvalue weighted by atomic mass is 16.5. The standard InChI is InChI=1S/C19H25N5O3/c1-12-10-13-14(11-16(12)26-2)21-19(22-17(13)20)24-7-5-23(6-8-24)18(25)15-4-3-9-27-15/h10-11,15H,3-9H2,1-2H3,(H2,20,21,22). The van der Waals surface area contributed by atoms with E-state index in [1.54, 1.807) is 7.11 Å². The number of piperazine rings is 1. The van der Waals surface area contributed by atoms with Crippen LogP contribution in [0.25, 0.3) is 10.9 Å². The molecule has 8 nitrogen and oxygen atoms in total. The van der Waals surface area contributed by atoms with Crippen LogP contribution < -0.4 is 15.4 Å². The largest absolute Gasteiger partial charge is 0.496 e. The van der Waals surface area contributed by atoms with Crippen LogP contribution in [0.3, 0.4) is 0 Å². The lowest BCUT2D eigenvalue weighted by atomic mass is 10.1. The summed E-state index contributed by atoms with van der Waals surface area (Å²) >= 11 is 0. The molecule has 144 valence electrons. The van der Waals surface area contributed by atoms with E-state index in [0.29, 0.717) is 44.6 Å². The molecule has 1 amide bonds. The van der Waals surface area contributed by atoms with Crippen LogP contribution in [0.5, 0.6) is 5.75 Å². The van der Waals surface area contributed by atoms with Gasteiger partial charge in [-0.15, -0.1) is 0 Å². The van der Waals surface area contributed by atoms with Gasteiger partial charge in [-0.3, -0.25) is 4.79 Å². The molecule has 2 N–H and O–H groups in total. The van der Waals surface area contributed by atoms with Crippen LogP contribution in [0, 0.1) is 6.92 Å². The number of hydrogen-bond acceptors (Lipinski definition) is 7. The fraction of sp³-hybridized carbons (Fsp3) is 0.526. The van der Waals surface area contributed by atoms with E-state index < -0.39 is 0 Å². The van der Waals surface area contributed by atoms with E-state index >= 15 is 0 Å². The molecule has 0 aliphatic carbocycles. The third kappa shape index (κ3) is 3.37. The number of nitrogen functional groups attached to an aromatic ring is 1. The number of methoxy groups -OCH3 is 1.